The molecule has 2 unspecified atom stereocenters. The summed E-state index contributed by atoms with van der Waals surface area (Å²) in [5.74, 6) is 0.0904. The van der Waals surface area contributed by atoms with E-state index in [2.05, 4.69) is 25.9 Å². The van der Waals surface area contributed by atoms with Gasteiger partial charge in [0.25, 0.3) is 0 Å². The Bertz CT molecular complexity index is 298. The number of rotatable bonds is 4. The fourth-order valence-corrected chi connectivity index (χ4v) is 1.49. The van der Waals surface area contributed by atoms with Gasteiger partial charge in [-0.05, 0) is 12.5 Å². The highest BCUT2D eigenvalue weighted by atomic mass is 79.9. The van der Waals surface area contributed by atoms with Crippen LogP contribution in [0.25, 0.3) is 0 Å². The summed E-state index contributed by atoms with van der Waals surface area (Å²) in [6.07, 6.45) is 0.0359. The average Bonchev–Trinajstić information content (AvgIpc) is 2.17. The highest BCUT2D eigenvalue weighted by Gasteiger charge is 2.18. The lowest BCUT2D eigenvalue weighted by Crippen LogP contribution is -2.20. The summed E-state index contributed by atoms with van der Waals surface area (Å²) in [6.45, 7) is 0. The molecule has 1 heterocycles. The summed E-state index contributed by atoms with van der Waals surface area (Å²) < 4.78 is 0. The number of aliphatic hydroxyl groups is 2. The number of nitrogens with zero attached hydrogens (tertiary/aromatic N) is 2. The van der Waals surface area contributed by atoms with Gasteiger partial charge >= 0.3 is 0 Å². The quantitative estimate of drug-likeness (QED) is 0.676. The van der Waals surface area contributed by atoms with Gasteiger partial charge < -0.3 is 15.9 Å². The summed E-state index contributed by atoms with van der Waals surface area (Å²) in [4.78, 5) is 7.51. The van der Waals surface area contributed by atoms with Crippen LogP contribution in [-0.4, -0.2) is 31.6 Å². The Balaban J connectivity index is 2.73. The molecule has 0 spiro atoms. The van der Waals surface area contributed by atoms with Gasteiger partial charge in [0.15, 0.2) is 0 Å². The minimum atomic E-state index is -1.02. The van der Waals surface area contributed by atoms with Crippen LogP contribution in [0.4, 0.5) is 5.95 Å². The molecule has 0 aliphatic carbocycles. The Morgan fingerprint density at radius 2 is 2.21 bits per heavy atom. The molecule has 0 aliphatic heterocycles. The fourth-order valence-electron chi connectivity index (χ4n) is 1.02. The molecule has 0 saturated carbocycles. The Morgan fingerprint density at radius 1 is 1.50 bits per heavy atom. The lowest BCUT2D eigenvalue weighted by Gasteiger charge is -2.15. The Labute approximate surface area is 90.1 Å². The van der Waals surface area contributed by atoms with Crippen molar-refractivity contribution in [2.24, 2.45) is 0 Å². The van der Waals surface area contributed by atoms with E-state index < -0.39 is 12.2 Å². The first-order valence-electron chi connectivity index (χ1n) is 4.15. The van der Waals surface area contributed by atoms with Crippen LogP contribution < -0.4 is 5.73 Å². The SMILES string of the molecule is Nc1nccc(C(O)C(O)CCBr)n1. The molecule has 6 heteroatoms. The van der Waals surface area contributed by atoms with Gasteiger partial charge in [-0.25, -0.2) is 9.97 Å². The molecule has 0 amide bonds. The number of aliphatic hydroxyl groups excluding tert-OH is 2. The normalized spacial score (nSPS) is 15.1. The van der Waals surface area contributed by atoms with Crippen LogP contribution in [0.2, 0.25) is 0 Å². The molecule has 1 rings (SSSR count). The maximum atomic E-state index is 9.63. The zero-order valence-electron chi connectivity index (χ0n) is 7.47. The van der Waals surface area contributed by atoms with Gasteiger partial charge in [0.2, 0.25) is 5.95 Å². The molecule has 5 nitrogen and oxygen atoms in total. The monoisotopic (exact) mass is 261 g/mol. The first kappa shape index (κ1) is 11.4. The maximum absolute atomic E-state index is 9.63. The van der Waals surface area contributed by atoms with Gasteiger partial charge in [0.05, 0.1) is 11.8 Å². The van der Waals surface area contributed by atoms with Crippen LogP contribution in [0.5, 0.6) is 0 Å². The lowest BCUT2D eigenvalue weighted by molar-refractivity contribution is 0.0148. The van der Waals surface area contributed by atoms with Crippen LogP contribution in [-0.2, 0) is 0 Å². The van der Waals surface area contributed by atoms with Crippen molar-refractivity contribution in [2.75, 3.05) is 11.1 Å². The number of alkyl halides is 1. The Morgan fingerprint density at radius 3 is 2.79 bits per heavy atom. The smallest absolute Gasteiger partial charge is 0.220 e. The molecule has 2 atom stereocenters. The van der Waals surface area contributed by atoms with Gasteiger partial charge in [0, 0.05) is 11.5 Å². The van der Waals surface area contributed by atoms with Crippen LogP contribution in [0.15, 0.2) is 12.3 Å². The molecule has 0 fully saturated rings. The second-order valence-corrected chi connectivity index (χ2v) is 3.62. The van der Waals surface area contributed by atoms with Crippen molar-refractivity contribution in [1.82, 2.24) is 9.97 Å². The maximum Gasteiger partial charge on any atom is 0.220 e. The molecule has 0 aliphatic rings. The van der Waals surface area contributed by atoms with Crippen molar-refractivity contribution in [3.8, 4) is 0 Å². The minimum Gasteiger partial charge on any atom is -0.390 e. The van der Waals surface area contributed by atoms with Crippen molar-refractivity contribution in [1.29, 1.82) is 0 Å². The second kappa shape index (κ2) is 5.23. The van der Waals surface area contributed by atoms with E-state index in [0.29, 0.717) is 17.4 Å². The van der Waals surface area contributed by atoms with Crippen molar-refractivity contribution in [3.63, 3.8) is 0 Å². The zero-order chi connectivity index (χ0) is 10.6. The Kier molecular flexibility index (Phi) is 4.24. The van der Waals surface area contributed by atoms with Crippen molar-refractivity contribution >= 4 is 21.9 Å². The lowest BCUT2D eigenvalue weighted by atomic mass is 10.1. The van der Waals surface area contributed by atoms with Crippen LogP contribution >= 0.6 is 15.9 Å². The first-order valence-corrected chi connectivity index (χ1v) is 5.28. The average molecular weight is 262 g/mol. The van der Waals surface area contributed by atoms with E-state index in [9.17, 15) is 10.2 Å². The van der Waals surface area contributed by atoms with E-state index in [1.54, 1.807) is 0 Å². The number of halogens is 1. The van der Waals surface area contributed by atoms with Crippen LogP contribution in [0, 0.1) is 0 Å². The number of hydrogen-bond donors (Lipinski definition) is 3. The van der Waals surface area contributed by atoms with Gasteiger partial charge in [-0.15, -0.1) is 0 Å². The number of nitrogen functional groups attached to an aromatic ring is 1. The fraction of sp³-hybridized carbons (Fsp3) is 0.500. The van der Waals surface area contributed by atoms with Gasteiger partial charge in [-0.1, -0.05) is 15.9 Å². The summed E-state index contributed by atoms with van der Waals surface area (Å²) in [5, 5.41) is 19.7. The molecule has 4 N–H and O–H groups in total. The van der Waals surface area contributed by atoms with Crippen molar-refractivity contribution < 1.29 is 10.2 Å². The van der Waals surface area contributed by atoms with Crippen LogP contribution in [0.3, 0.4) is 0 Å². The molecule has 0 saturated heterocycles. The van der Waals surface area contributed by atoms with Gasteiger partial charge in [-0.2, -0.15) is 0 Å². The predicted octanol–water partition coefficient (Wildman–Crippen LogP) is 0.238. The summed E-state index contributed by atoms with van der Waals surface area (Å²) in [5.41, 5.74) is 5.69. The summed E-state index contributed by atoms with van der Waals surface area (Å²) in [7, 11) is 0. The number of hydrogen-bond acceptors (Lipinski definition) is 5. The molecular weight excluding hydrogens is 250 g/mol. The zero-order valence-corrected chi connectivity index (χ0v) is 9.05. The Hall–Kier alpha value is -0.720. The van der Waals surface area contributed by atoms with E-state index >= 15 is 0 Å². The van der Waals surface area contributed by atoms with Gasteiger partial charge in [-0.3, -0.25) is 0 Å². The molecule has 1 aromatic heterocycles. The summed E-state index contributed by atoms with van der Waals surface area (Å²) >= 11 is 3.18. The molecule has 14 heavy (non-hydrogen) atoms. The second-order valence-electron chi connectivity index (χ2n) is 2.83. The van der Waals surface area contributed by atoms with Gasteiger partial charge in [0.1, 0.15) is 6.10 Å². The van der Waals surface area contributed by atoms with E-state index in [1.807, 2.05) is 0 Å². The number of anilines is 1. The molecule has 0 bridgehead atoms. The number of nitrogens with two attached hydrogens (primary N) is 1. The third kappa shape index (κ3) is 2.90. The van der Waals surface area contributed by atoms with Crippen molar-refractivity contribution in [2.45, 2.75) is 18.6 Å². The third-order valence-corrected chi connectivity index (χ3v) is 2.23. The minimum absolute atomic E-state index is 0.0904. The molecule has 0 radical (unpaired) electrons. The van der Waals surface area contributed by atoms with E-state index in [1.165, 1.54) is 12.3 Å². The molecule has 0 aromatic carbocycles. The predicted molar refractivity (Wildman–Crippen MR) is 55.8 cm³/mol. The summed E-state index contributed by atoms with van der Waals surface area (Å²) in [6, 6.07) is 1.53. The number of aromatic nitrogens is 2. The first-order chi connectivity index (χ1) is 6.65. The van der Waals surface area contributed by atoms with Crippen molar-refractivity contribution in [3.05, 3.63) is 18.0 Å². The largest absolute Gasteiger partial charge is 0.390 e. The van der Waals surface area contributed by atoms with E-state index in [-0.39, 0.29) is 5.95 Å². The standard InChI is InChI=1S/C8H12BrN3O2/c9-3-1-6(13)7(14)5-2-4-11-8(10)12-5/h2,4,6-7,13-14H,1,3H2,(H2,10,11,12). The highest BCUT2D eigenvalue weighted by Crippen LogP contribution is 2.17. The van der Waals surface area contributed by atoms with E-state index in [0.717, 1.165) is 0 Å². The highest BCUT2D eigenvalue weighted by molar-refractivity contribution is 9.09. The van der Waals surface area contributed by atoms with E-state index in [4.69, 9.17) is 5.73 Å². The van der Waals surface area contributed by atoms with Crippen LogP contribution in [0.1, 0.15) is 18.2 Å². The molecule has 78 valence electrons. The topological polar surface area (TPSA) is 92.3 Å². The third-order valence-electron chi connectivity index (χ3n) is 1.77. The molecular formula is C8H12BrN3O2. The molecule has 1 aromatic rings.